The third-order valence-electron chi connectivity index (χ3n) is 2.80. The summed E-state index contributed by atoms with van der Waals surface area (Å²) in [5.41, 5.74) is 0.450. The van der Waals surface area contributed by atoms with E-state index in [0.717, 1.165) is 0 Å². The average Bonchev–Trinajstić information content (AvgIpc) is 2.46. The highest BCUT2D eigenvalue weighted by Gasteiger charge is 2.17. The van der Waals surface area contributed by atoms with Crippen molar-refractivity contribution in [2.24, 2.45) is 0 Å². The maximum absolute atomic E-state index is 13.3. The molecule has 0 aromatic heterocycles. The molecule has 2 N–H and O–H groups in total. The SMILES string of the molecule is COc1ccccc1OCc1ccc(F)c(B(O)O)c1. The molecule has 0 unspecified atom stereocenters. The van der Waals surface area contributed by atoms with Gasteiger partial charge in [-0.3, -0.25) is 0 Å². The van der Waals surface area contributed by atoms with Crippen LogP contribution in [0.2, 0.25) is 0 Å². The number of halogens is 1. The zero-order valence-corrected chi connectivity index (χ0v) is 10.9. The molecule has 0 aliphatic heterocycles. The lowest BCUT2D eigenvalue weighted by atomic mass is 9.79. The van der Waals surface area contributed by atoms with E-state index in [0.29, 0.717) is 17.1 Å². The monoisotopic (exact) mass is 276 g/mol. The molecule has 4 nitrogen and oxygen atoms in total. The van der Waals surface area contributed by atoms with Gasteiger partial charge in [0, 0.05) is 5.46 Å². The van der Waals surface area contributed by atoms with Crippen LogP contribution in [0.5, 0.6) is 11.5 Å². The number of hydrogen-bond acceptors (Lipinski definition) is 4. The summed E-state index contributed by atoms with van der Waals surface area (Å²) < 4.78 is 24.0. The topological polar surface area (TPSA) is 58.9 Å². The number of rotatable bonds is 5. The van der Waals surface area contributed by atoms with Gasteiger partial charge in [-0.15, -0.1) is 0 Å². The number of ether oxygens (including phenoxy) is 2. The van der Waals surface area contributed by atoms with Gasteiger partial charge in [0.05, 0.1) is 7.11 Å². The Morgan fingerprint density at radius 2 is 1.80 bits per heavy atom. The first-order valence-electron chi connectivity index (χ1n) is 6.02. The molecule has 2 aromatic rings. The van der Waals surface area contributed by atoms with E-state index in [-0.39, 0.29) is 12.1 Å². The van der Waals surface area contributed by atoms with E-state index < -0.39 is 12.9 Å². The summed E-state index contributed by atoms with van der Waals surface area (Å²) in [5, 5.41) is 18.1. The fourth-order valence-electron chi connectivity index (χ4n) is 1.78. The second kappa shape index (κ2) is 6.41. The van der Waals surface area contributed by atoms with Crippen LogP contribution in [0.25, 0.3) is 0 Å². The fraction of sp³-hybridized carbons (Fsp3) is 0.143. The molecule has 0 saturated heterocycles. The second-order valence-electron chi connectivity index (χ2n) is 4.17. The van der Waals surface area contributed by atoms with Crippen molar-refractivity contribution >= 4 is 12.6 Å². The third kappa shape index (κ3) is 3.29. The number of para-hydroxylation sites is 2. The van der Waals surface area contributed by atoms with E-state index in [4.69, 9.17) is 19.5 Å². The van der Waals surface area contributed by atoms with Crippen molar-refractivity contribution in [3.05, 3.63) is 53.8 Å². The van der Waals surface area contributed by atoms with Crippen molar-refractivity contribution in [1.29, 1.82) is 0 Å². The molecule has 0 bridgehead atoms. The van der Waals surface area contributed by atoms with Gasteiger partial charge in [-0.05, 0) is 23.8 Å². The van der Waals surface area contributed by atoms with Gasteiger partial charge in [-0.1, -0.05) is 24.3 Å². The summed E-state index contributed by atoms with van der Waals surface area (Å²) in [6, 6.07) is 11.2. The van der Waals surface area contributed by atoms with Gasteiger partial charge in [-0.2, -0.15) is 0 Å². The molecule has 104 valence electrons. The first-order chi connectivity index (χ1) is 9.61. The van der Waals surface area contributed by atoms with Crippen molar-refractivity contribution < 1.29 is 23.9 Å². The van der Waals surface area contributed by atoms with Crippen LogP contribution in [0.3, 0.4) is 0 Å². The van der Waals surface area contributed by atoms with Crippen LogP contribution in [0.4, 0.5) is 4.39 Å². The minimum Gasteiger partial charge on any atom is -0.493 e. The van der Waals surface area contributed by atoms with Gasteiger partial charge in [-0.25, -0.2) is 4.39 Å². The Bertz CT molecular complexity index is 589. The van der Waals surface area contributed by atoms with Crippen LogP contribution in [0.1, 0.15) is 5.56 Å². The zero-order chi connectivity index (χ0) is 14.5. The lowest BCUT2D eigenvalue weighted by Gasteiger charge is -2.11. The van der Waals surface area contributed by atoms with Crippen LogP contribution < -0.4 is 14.9 Å². The molecule has 0 fully saturated rings. The number of hydrogen-bond donors (Lipinski definition) is 2. The Balaban J connectivity index is 2.13. The van der Waals surface area contributed by atoms with Crippen molar-refractivity contribution in [1.82, 2.24) is 0 Å². The van der Waals surface area contributed by atoms with E-state index in [1.165, 1.54) is 18.2 Å². The van der Waals surface area contributed by atoms with E-state index >= 15 is 0 Å². The van der Waals surface area contributed by atoms with E-state index in [2.05, 4.69) is 0 Å². The molecule has 0 spiro atoms. The van der Waals surface area contributed by atoms with Crippen molar-refractivity contribution in [2.75, 3.05) is 7.11 Å². The highest BCUT2D eigenvalue weighted by atomic mass is 19.1. The summed E-state index contributed by atoms with van der Waals surface area (Å²) in [6.07, 6.45) is 0. The van der Waals surface area contributed by atoms with Crippen LogP contribution in [0, 0.1) is 5.82 Å². The quantitative estimate of drug-likeness (QED) is 0.803. The Morgan fingerprint density at radius 3 is 2.45 bits per heavy atom. The van der Waals surface area contributed by atoms with Crippen LogP contribution in [-0.2, 0) is 6.61 Å². The predicted octanol–water partition coefficient (Wildman–Crippen LogP) is 1.09. The molecule has 0 atom stereocenters. The number of methoxy groups -OCH3 is 1. The van der Waals surface area contributed by atoms with Crippen LogP contribution >= 0.6 is 0 Å². The molecule has 0 aliphatic rings. The maximum atomic E-state index is 13.3. The fourth-order valence-corrected chi connectivity index (χ4v) is 1.78. The summed E-state index contributed by atoms with van der Waals surface area (Å²) >= 11 is 0. The Hall–Kier alpha value is -2.05. The first kappa shape index (κ1) is 14.4. The van der Waals surface area contributed by atoms with E-state index in [1.807, 2.05) is 12.1 Å². The maximum Gasteiger partial charge on any atom is 0.491 e. The van der Waals surface area contributed by atoms with Crippen molar-refractivity contribution in [3.8, 4) is 11.5 Å². The molecule has 0 aliphatic carbocycles. The van der Waals surface area contributed by atoms with Gasteiger partial charge in [0.15, 0.2) is 11.5 Å². The third-order valence-corrected chi connectivity index (χ3v) is 2.80. The normalized spacial score (nSPS) is 10.2. The zero-order valence-electron chi connectivity index (χ0n) is 10.9. The van der Waals surface area contributed by atoms with Crippen molar-refractivity contribution in [3.63, 3.8) is 0 Å². The summed E-state index contributed by atoms with van der Waals surface area (Å²) in [5.74, 6) is 0.489. The molecule has 0 saturated carbocycles. The summed E-state index contributed by atoms with van der Waals surface area (Å²) in [7, 11) is -0.304. The summed E-state index contributed by atoms with van der Waals surface area (Å²) in [4.78, 5) is 0. The van der Waals surface area contributed by atoms with Crippen LogP contribution in [-0.4, -0.2) is 24.3 Å². The molecular formula is C14H14BFO4. The smallest absolute Gasteiger partial charge is 0.491 e. The molecule has 0 heterocycles. The Morgan fingerprint density at radius 1 is 1.10 bits per heavy atom. The first-order valence-corrected chi connectivity index (χ1v) is 6.02. The lowest BCUT2D eigenvalue weighted by molar-refractivity contribution is 0.284. The van der Waals surface area contributed by atoms with Gasteiger partial charge in [0.1, 0.15) is 12.4 Å². The molecular weight excluding hydrogens is 262 g/mol. The molecule has 0 amide bonds. The molecule has 2 aromatic carbocycles. The van der Waals surface area contributed by atoms with Gasteiger partial charge < -0.3 is 19.5 Å². The van der Waals surface area contributed by atoms with Gasteiger partial charge in [0.2, 0.25) is 0 Å². The second-order valence-corrected chi connectivity index (χ2v) is 4.17. The molecule has 6 heteroatoms. The minimum absolute atomic E-state index is 0.167. The Kier molecular flexibility index (Phi) is 4.60. The van der Waals surface area contributed by atoms with Gasteiger partial charge in [0.25, 0.3) is 0 Å². The van der Waals surface area contributed by atoms with E-state index in [9.17, 15) is 4.39 Å². The standard InChI is InChI=1S/C14H14BFO4/c1-19-13-4-2-3-5-14(13)20-9-10-6-7-12(16)11(8-10)15(17)18/h2-8,17-18H,9H2,1H3. The highest BCUT2D eigenvalue weighted by molar-refractivity contribution is 6.58. The molecule has 2 rings (SSSR count). The number of benzene rings is 2. The summed E-state index contributed by atoms with van der Waals surface area (Å²) in [6.45, 7) is 0.167. The van der Waals surface area contributed by atoms with E-state index in [1.54, 1.807) is 19.2 Å². The molecule has 0 radical (unpaired) electrons. The largest absolute Gasteiger partial charge is 0.493 e. The van der Waals surface area contributed by atoms with Gasteiger partial charge >= 0.3 is 7.12 Å². The Labute approximate surface area is 116 Å². The van der Waals surface area contributed by atoms with Crippen LogP contribution in [0.15, 0.2) is 42.5 Å². The lowest BCUT2D eigenvalue weighted by Crippen LogP contribution is -2.33. The average molecular weight is 276 g/mol. The van der Waals surface area contributed by atoms with Crippen molar-refractivity contribution in [2.45, 2.75) is 6.61 Å². The molecule has 20 heavy (non-hydrogen) atoms. The minimum atomic E-state index is -1.85. The predicted molar refractivity (Wildman–Crippen MR) is 73.6 cm³/mol. The highest BCUT2D eigenvalue weighted by Crippen LogP contribution is 2.26.